The quantitative estimate of drug-likeness (QED) is 0.420. The number of rotatable bonds is 4. The van der Waals surface area contributed by atoms with E-state index in [9.17, 15) is 4.39 Å². The van der Waals surface area contributed by atoms with Gasteiger partial charge >= 0.3 is 0 Å². The van der Waals surface area contributed by atoms with Crippen LogP contribution in [-0.4, -0.2) is 60.7 Å². The first-order chi connectivity index (χ1) is 15.6. The number of benzene rings is 1. The van der Waals surface area contributed by atoms with Crippen molar-refractivity contribution in [3.05, 3.63) is 52.6 Å². The van der Waals surface area contributed by atoms with Gasteiger partial charge in [0.2, 0.25) is 11.6 Å². The largest absolute Gasteiger partial charge is 0.373 e. The fourth-order valence-electron chi connectivity index (χ4n) is 3.46. The number of fused-ring (bicyclic) bond motifs is 1. The van der Waals surface area contributed by atoms with E-state index in [1.165, 1.54) is 18.3 Å². The van der Waals surface area contributed by atoms with Gasteiger partial charge in [-0.15, -0.1) is 5.10 Å². The van der Waals surface area contributed by atoms with Crippen LogP contribution in [0.4, 0.5) is 10.3 Å². The molecule has 0 aliphatic carbocycles. The van der Waals surface area contributed by atoms with Crippen molar-refractivity contribution in [1.82, 2.24) is 34.9 Å². The van der Waals surface area contributed by atoms with Crippen molar-refractivity contribution < 1.29 is 9.13 Å². The molecule has 1 atom stereocenters. The predicted octanol–water partition coefficient (Wildman–Crippen LogP) is 2.36. The molecule has 1 fully saturated rings. The Labute approximate surface area is 189 Å². The lowest BCUT2D eigenvalue weighted by Crippen LogP contribution is -2.45. The van der Waals surface area contributed by atoms with Crippen molar-refractivity contribution in [2.24, 2.45) is 0 Å². The van der Waals surface area contributed by atoms with Crippen LogP contribution in [0.3, 0.4) is 0 Å². The van der Waals surface area contributed by atoms with Gasteiger partial charge in [0, 0.05) is 31.0 Å². The van der Waals surface area contributed by atoms with Gasteiger partial charge in [0.15, 0.2) is 5.65 Å². The minimum atomic E-state index is -0.578. The molecule has 12 heteroatoms. The molecule has 160 valence electrons. The van der Waals surface area contributed by atoms with Gasteiger partial charge in [-0.25, -0.2) is 29.0 Å². The van der Waals surface area contributed by atoms with Gasteiger partial charge in [0.25, 0.3) is 0 Å². The number of hydrogen-bond acceptors (Lipinski definition) is 9. The first-order valence-corrected chi connectivity index (χ1v) is 10.5. The Kier molecular flexibility index (Phi) is 5.42. The van der Waals surface area contributed by atoms with Crippen LogP contribution in [0.25, 0.3) is 22.6 Å². The lowest BCUT2D eigenvalue weighted by Gasteiger charge is -2.32. The van der Waals surface area contributed by atoms with Gasteiger partial charge in [-0.3, -0.25) is 0 Å². The molecule has 0 saturated carbocycles. The molecule has 1 aliphatic heterocycles. The lowest BCUT2D eigenvalue weighted by molar-refractivity contribution is 0.0272. The summed E-state index contributed by atoms with van der Waals surface area (Å²) in [5, 5.41) is 17.3. The number of anilines is 1. The third kappa shape index (κ3) is 4.00. The molecule has 1 aromatic carbocycles. The van der Waals surface area contributed by atoms with Crippen molar-refractivity contribution in [2.75, 3.05) is 24.6 Å². The average Bonchev–Trinajstić information content (AvgIpc) is 3.22. The predicted molar refractivity (Wildman–Crippen MR) is 115 cm³/mol. The lowest BCUT2D eigenvalue weighted by atomic mass is 10.1. The van der Waals surface area contributed by atoms with E-state index < -0.39 is 5.82 Å². The first-order valence-electron chi connectivity index (χ1n) is 9.71. The fourth-order valence-corrected chi connectivity index (χ4v) is 3.67. The number of halogens is 2. The molecule has 4 heterocycles. The summed E-state index contributed by atoms with van der Waals surface area (Å²) in [5.74, 6) is 0.0578. The molecule has 0 spiro atoms. The van der Waals surface area contributed by atoms with E-state index in [2.05, 4.69) is 51.1 Å². The number of morpholine rings is 1. The second kappa shape index (κ2) is 8.52. The molecule has 1 saturated heterocycles. The standard InChI is InChI=1S/C20H15BrFN9O/c21-14-7-25-20(26-8-14)30-3-4-32-15(10-30)11-31-19-18(28-29-31)24-9-17(27-19)12-1-2-16(22)13(5-12)6-23/h1-2,5,7-9,15H,3-4,10-11H2. The van der Waals surface area contributed by atoms with Crippen LogP contribution in [0.15, 0.2) is 41.3 Å². The molecule has 5 rings (SSSR count). The van der Waals surface area contributed by atoms with Gasteiger partial charge in [0.1, 0.15) is 11.9 Å². The van der Waals surface area contributed by atoms with E-state index in [1.54, 1.807) is 23.1 Å². The number of nitriles is 1. The molecule has 4 aromatic rings. The monoisotopic (exact) mass is 495 g/mol. The first kappa shape index (κ1) is 20.3. The third-order valence-corrected chi connectivity index (χ3v) is 5.42. The highest BCUT2D eigenvalue weighted by atomic mass is 79.9. The summed E-state index contributed by atoms with van der Waals surface area (Å²) in [7, 11) is 0. The van der Waals surface area contributed by atoms with E-state index >= 15 is 0 Å². The molecule has 0 N–H and O–H groups in total. The highest BCUT2D eigenvalue weighted by Crippen LogP contribution is 2.22. The van der Waals surface area contributed by atoms with E-state index in [0.717, 1.165) is 4.47 Å². The second-order valence-corrected chi connectivity index (χ2v) is 8.04. The summed E-state index contributed by atoms with van der Waals surface area (Å²) in [6.45, 7) is 2.21. The molecule has 1 unspecified atom stereocenters. The van der Waals surface area contributed by atoms with Crippen molar-refractivity contribution in [2.45, 2.75) is 12.6 Å². The van der Waals surface area contributed by atoms with Gasteiger partial charge in [-0.1, -0.05) is 5.21 Å². The molecule has 32 heavy (non-hydrogen) atoms. The van der Waals surface area contributed by atoms with Crippen molar-refractivity contribution in [1.29, 1.82) is 5.26 Å². The van der Waals surface area contributed by atoms with Crippen molar-refractivity contribution in [3.63, 3.8) is 0 Å². The molecular formula is C20H15BrFN9O. The number of ether oxygens (including phenoxy) is 1. The van der Waals surface area contributed by atoms with Crippen molar-refractivity contribution >= 4 is 33.2 Å². The number of hydrogen-bond donors (Lipinski definition) is 0. The summed E-state index contributed by atoms with van der Waals surface area (Å²) in [4.78, 5) is 19.7. The van der Waals surface area contributed by atoms with Gasteiger partial charge in [-0.2, -0.15) is 5.26 Å². The highest BCUT2D eigenvalue weighted by molar-refractivity contribution is 9.10. The second-order valence-electron chi connectivity index (χ2n) is 7.12. The van der Waals surface area contributed by atoms with E-state index in [-0.39, 0.29) is 11.7 Å². The van der Waals surface area contributed by atoms with Crippen LogP contribution >= 0.6 is 15.9 Å². The minimum absolute atomic E-state index is 0.0538. The highest BCUT2D eigenvalue weighted by Gasteiger charge is 2.24. The van der Waals surface area contributed by atoms with Crippen LogP contribution in [0, 0.1) is 17.1 Å². The van der Waals surface area contributed by atoms with Crippen LogP contribution in [0.1, 0.15) is 5.56 Å². The normalized spacial score (nSPS) is 16.3. The zero-order valence-corrected chi connectivity index (χ0v) is 18.1. The molecule has 1 aliphatic rings. The zero-order chi connectivity index (χ0) is 22.1. The fraction of sp³-hybridized carbons (Fsp3) is 0.250. The van der Waals surface area contributed by atoms with Crippen LogP contribution in [0.2, 0.25) is 0 Å². The topological polar surface area (TPSA) is 119 Å². The smallest absolute Gasteiger partial charge is 0.225 e. The zero-order valence-electron chi connectivity index (χ0n) is 16.6. The molecule has 10 nitrogen and oxygen atoms in total. The Morgan fingerprint density at radius 1 is 1.22 bits per heavy atom. The summed E-state index contributed by atoms with van der Waals surface area (Å²) in [5.41, 5.74) is 1.89. The molecule has 0 bridgehead atoms. The summed E-state index contributed by atoms with van der Waals surface area (Å²) < 4.78 is 22.0. The van der Waals surface area contributed by atoms with Crippen LogP contribution in [0.5, 0.6) is 0 Å². The Balaban J connectivity index is 1.39. The Hall–Kier alpha value is -3.56. The summed E-state index contributed by atoms with van der Waals surface area (Å²) >= 11 is 3.34. The SMILES string of the molecule is N#Cc1cc(-c2cnc3nnn(CC4CN(c5ncc(Br)cn5)CCO4)c3n2)ccc1F. The van der Waals surface area contributed by atoms with E-state index in [1.807, 2.05) is 6.07 Å². The minimum Gasteiger partial charge on any atom is -0.373 e. The Bertz CT molecular complexity index is 1320. The van der Waals surface area contributed by atoms with Crippen molar-refractivity contribution in [3.8, 4) is 17.3 Å². The van der Waals surface area contributed by atoms with Crippen LogP contribution in [-0.2, 0) is 11.3 Å². The van der Waals surface area contributed by atoms with E-state index in [0.29, 0.717) is 54.7 Å². The van der Waals surface area contributed by atoms with Gasteiger partial charge in [-0.05, 0) is 34.1 Å². The summed E-state index contributed by atoms with van der Waals surface area (Å²) in [6.07, 6.45) is 4.77. The van der Waals surface area contributed by atoms with E-state index in [4.69, 9.17) is 10.00 Å². The maximum atomic E-state index is 13.7. The summed E-state index contributed by atoms with van der Waals surface area (Å²) in [6, 6.07) is 6.08. The third-order valence-electron chi connectivity index (χ3n) is 5.01. The maximum Gasteiger partial charge on any atom is 0.225 e. The molecule has 0 amide bonds. The molecule has 0 radical (unpaired) electrons. The van der Waals surface area contributed by atoms with Gasteiger partial charge < -0.3 is 9.64 Å². The maximum absolute atomic E-state index is 13.7. The average molecular weight is 496 g/mol. The number of nitrogens with zero attached hydrogens (tertiary/aromatic N) is 9. The number of aromatic nitrogens is 7. The molecule has 3 aromatic heterocycles. The van der Waals surface area contributed by atoms with Crippen LogP contribution < -0.4 is 4.90 Å². The Morgan fingerprint density at radius 3 is 2.88 bits per heavy atom. The Morgan fingerprint density at radius 2 is 2.06 bits per heavy atom. The van der Waals surface area contributed by atoms with Gasteiger partial charge in [0.05, 0.1) is 41.2 Å². The molecular weight excluding hydrogens is 481 g/mol.